The van der Waals surface area contributed by atoms with Gasteiger partial charge < -0.3 is 0 Å². The summed E-state index contributed by atoms with van der Waals surface area (Å²) >= 11 is 5.59. The highest BCUT2D eigenvalue weighted by molar-refractivity contribution is 7.15. The Hall–Kier alpha value is -1.17. The molecule has 3 heteroatoms. The predicted molar refractivity (Wildman–Crippen MR) is 113 cm³/mol. The van der Waals surface area contributed by atoms with Crippen LogP contribution < -0.4 is 0 Å². The summed E-state index contributed by atoms with van der Waals surface area (Å²) in [6, 6.07) is 12.0. The molecule has 0 bridgehead atoms. The topological polar surface area (TPSA) is 17.1 Å². The summed E-state index contributed by atoms with van der Waals surface area (Å²) < 4.78 is 0. The van der Waals surface area contributed by atoms with Crippen LogP contribution in [0, 0.1) is 0 Å². The Kier molecular flexibility index (Phi) is 5.81. The first-order valence-electron chi connectivity index (χ1n) is 8.64. The Labute approximate surface area is 159 Å². The Morgan fingerprint density at radius 2 is 1.40 bits per heavy atom. The van der Waals surface area contributed by atoms with Crippen LogP contribution in [0.5, 0.6) is 0 Å². The van der Waals surface area contributed by atoms with Crippen molar-refractivity contribution in [3.05, 3.63) is 58.7 Å². The van der Waals surface area contributed by atoms with Gasteiger partial charge in [0.1, 0.15) is 0 Å². The summed E-state index contributed by atoms with van der Waals surface area (Å²) in [6.07, 6.45) is 0.940. The predicted octanol–water partition coefficient (Wildman–Crippen LogP) is 6.70. The second-order valence-corrected chi connectivity index (χ2v) is 9.33. The van der Waals surface area contributed by atoms with Gasteiger partial charge in [0.25, 0.3) is 5.24 Å². The maximum absolute atomic E-state index is 11.4. The Morgan fingerprint density at radius 1 is 0.880 bits per heavy atom. The Balaban J connectivity index is 2.80. The summed E-state index contributed by atoms with van der Waals surface area (Å²) in [5, 5.41) is -0.420. The highest BCUT2D eigenvalue weighted by atomic mass is 35.5. The Morgan fingerprint density at radius 3 is 1.80 bits per heavy atom. The molecule has 0 heterocycles. The van der Waals surface area contributed by atoms with Gasteiger partial charge in [0.2, 0.25) is 0 Å². The van der Waals surface area contributed by atoms with Crippen molar-refractivity contribution < 1.29 is 4.79 Å². The lowest BCUT2D eigenvalue weighted by Crippen LogP contribution is -2.24. The number of carbonyl (C=O) groups is 1. The molecule has 0 aliphatic rings. The highest BCUT2D eigenvalue weighted by Crippen LogP contribution is 2.42. The van der Waals surface area contributed by atoms with Crippen LogP contribution in [0.15, 0.2) is 36.4 Å². The van der Waals surface area contributed by atoms with Crippen LogP contribution in [-0.2, 0) is 17.0 Å². The number of benzene rings is 2. The third-order valence-electron chi connectivity index (χ3n) is 4.43. The molecule has 2 aromatic carbocycles. The number of hydrogen-bond donors (Lipinski definition) is 0. The molecule has 1 atom stereocenters. The van der Waals surface area contributed by atoms with Gasteiger partial charge in [0.05, 0.1) is 0 Å². The largest absolute Gasteiger partial charge is 0.276 e. The molecule has 0 amide bonds. The Bertz CT molecular complexity index is 777. The zero-order valence-corrected chi connectivity index (χ0v) is 17.9. The van der Waals surface area contributed by atoms with Gasteiger partial charge in [0, 0.05) is 5.56 Å². The summed E-state index contributed by atoms with van der Waals surface area (Å²) in [5.41, 5.74) is 7.11. The van der Waals surface area contributed by atoms with Gasteiger partial charge >= 0.3 is 0 Å². The van der Waals surface area contributed by atoms with Crippen LogP contribution in [0.4, 0.5) is 0 Å². The fraction of sp³-hybridized carbons (Fsp3) is 0.409. The lowest BCUT2D eigenvalue weighted by molar-refractivity contribution is 0.108. The molecule has 0 saturated carbocycles. The van der Waals surface area contributed by atoms with E-state index in [9.17, 15) is 4.79 Å². The first-order chi connectivity index (χ1) is 11.5. The van der Waals surface area contributed by atoms with Crippen molar-refractivity contribution in [2.75, 3.05) is 0 Å². The summed E-state index contributed by atoms with van der Waals surface area (Å²) in [4.78, 5) is 11.4. The molecule has 134 valence electrons. The first-order valence-corrected chi connectivity index (χ1v) is 9.83. The molecule has 25 heavy (non-hydrogen) atoms. The van der Waals surface area contributed by atoms with E-state index in [1.54, 1.807) is 12.1 Å². The van der Waals surface area contributed by atoms with Crippen molar-refractivity contribution >= 4 is 26.1 Å². The molecular weight excluding hydrogens is 347 g/mol. The second kappa shape index (κ2) is 7.22. The minimum atomic E-state index is -0.420. The average Bonchev–Trinajstić information content (AvgIpc) is 2.51. The molecule has 0 aliphatic heterocycles. The zero-order chi connectivity index (χ0) is 19.0. The van der Waals surface area contributed by atoms with Gasteiger partial charge in [-0.15, -0.1) is 9.24 Å². The maximum atomic E-state index is 11.4. The minimum absolute atomic E-state index is 0.00870. The molecule has 1 unspecified atom stereocenters. The smallest absolute Gasteiger partial charge is 0.252 e. The third-order valence-corrected chi connectivity index (χ3v) is 5.09. The van der Waals surface area contributed by atoms with Crippen molar-refractivity contribution in [1.29, 1.82) is 0 Å². The number of rotatable bonds is 3. The SMILES string of the molecule is CC(C)(C)c1c(CP)ccc(-c2ccc(C(=O)Cl)cc2)c1C(C)(C)C. The van der Waals surface area contributed by atoms with Crippen molar-refractivity contribution in [3.8, 4) is 11.1 Å². The fourth-order valence-corrected chi connectivity index (χ4v) is 3.94. The van der Waals surface area contributed by atoms with Crippen LogP contribution in [0.2, 0.25) is 0 Å². The maximum Gasteiger partial charge on any atom is 0.252 e. The van der Waals surface area contributed by atoms with Crippen LogP contribution in [0.3, 0.4) is 0 Å². The highest BCUT2D eigenvalue weighted by Gasteiger charge is 2.30. The van der Waals surface area contributed by atoms with Crippen molar-refractivity contribution in [1.82, 2.24) is 0 Å². The van der Waals surface area contributed by atoms with Crippen LogP contribution in [0.1, 0.15) is 68.6 Å². The molecule has 2 aromatic rings. The van der Waals surface area contributed by atoms with Gasteiger partial charge in [-0.25, -0.2) is 0 Å². The molecule has 0 aliphatic carbocycles. The standard InChI is InChI=1S/C22H28ClOP/c1-21(2,3)18-16(13-25)11-12-17(19(18)22(4,5)6)14-7-9-15(10-8-14)20(23)24/h7-12H,13,25H2,1-6H3. The molecule has 1 nitrogen and oxygen atoms in total. The summed E-state index contributed by atoms with van der Waals surface area (Å²) in [6.45, 7) is 13.6. The first kappa shape index (κ1) is 20.1. The number of carbonyl (C=O) groups excluding carboxylic acids is 1. The van der Waals surface area contributed by atoms with Gasteiger partial charge in [-0.2, -0.15) is 0 Å². The lowest BCUT2D eigenvalue weighted by atomic mass is 9.70. The van der Waals surface area contributed by atoms with Gasteiger partial charge in [-0.1, -0.05) is 65.8 Å². The quantitative estimate of drug-likeness (QED) is 0.431. The molecule has 0 radical (unpaired) electrons. The van der Waals surface area contributed by atoms with E-state index < -0.39 is 5.24 Å². The molecule has 2 rings (SSSR count). The van der Waals surface area contributed by atoms with Crippen molar-refractivity contribution in [3.63, 3.8) is 0 Å². The normalized spacial score (nSPS) is 12.3. The lowest BCUT2D eigenvalue weighted by Gasteiger charge is -2.34. The van der Waals surface area contributed by atoms with E-state index in [0.717, 1.165) is 11.7 Å². The van der Waals surface area contributed by atoms with Crippen LogP contribution >= 0.6 is 20.8 Å². The molecule has 0 aromatic heterocycles. The molecule has 0 spiro atoms. The molecule has 0 fully saturated rings. The van der Waals surface area contributed by atoms with E-state index in [0.29, 0.717) is 5.56 Å². The van der Waals surface area contributed by atoms with E-state index in [1.165, 1.54) is 22.3 Å². The summed E-state index contributed by atoms with van der Waals surface area (Å²) in [7, 11) is 2.86. The van der Waals surface area contributed by atoms with Gasteiger partial charge in [-0.05, 0) is 68.5 Å². The average molecular weight is 375 g/mol. The van der Waals surface area contributed by atoms with Crippen molar-refractivity contribution in [2.45, 2.75) is 58.5 Å². The fourth-order valence-electron chi connectivity index (χ4n) is 3.47. The molecule has 0 saturated heterocycles. The van der Waals surface area contributed by atoms with Crippen molar-refractivity contribution in [2.24, 2.45) is 0 Å². The zero-order valence-electron chi connectivity index (χ0n) is 16.0. The van der Waals surface area contributed by atoms with E-state index >= 15 is 0 Å². The van der Waals surface area contributed by atoms with Gasteiger partial charge in [0.15, 0.2) is 0 Å². The monoisotopic (exact) mass is 374 g/mol. The van der Waals surface area contributed by atoms with E-state index in [4.69, 9.17) is 11.6 Å². The van der Waals surface area contributed by atoms with E-state index in [-0.39, 0.29) is 10.8 Å². The number of hydrogen-bond acceptors (Lipinski definition) is 1. The van der Waals surface area contributed by atoms with E-state index in [2.05, 4.69) is 62.9 Å². The van der Waals surface area contributed by atoms with Crippen LogP contribution in [-0.4, -0.2) is 5.24 Å². The minimum Gasteiger partial charge on any atom is -0.276 e. The molecule has 0 N–H and O–H groups in total. The number of halogens is 1. The third kappa shape index (κ3) is 4.33. The summed E-state index contributed by atoms with van der Waals surface area (Å²) in [5.74, 6) is 0. The van der Waals surface area contributed by atoms with Gasteiger partial charge in [-0.3, -0.25) is 4.79 Å². The second-order valence-electron chi connectivity index (χ2n) is 8.58. The molecular formula is C22H28ClOP. The van der Waals surface area contributed by atoms with E-state index in [1.807, 2.05) is 12.1 Å². The van der Waals surface area contributed by atoms with Crippen LogP contribution in [0.25, 0.3) is 11.1 Å².